The van der Waals surface area contributed by atoms with Crippen LogP contribution in [-0.4, -0.2) is 4.92 Å². The molecule has 0 saturated heterocycles. The van der Waals surface area contributed by atoms with Gasteiger partial charge < -0.3 is 0 Å². The third-order valence-electron chi connectivity index (χ3n) is 1.65. The molecular formula is C8H7BrFNO2. The molecule has 0 spiro atoms. The van der Waals surface area contributed by atoms with Gasteiger partial charge in [-0.15, -0.1) is 0 Å². The predicted molar refractivity (Wildman–Crippen MR) is 50.4 cm³/mol. The lowest BCUT2D eigenvalue weighted by Gasteiger charge is -2.01. The lowest BCUT2D eigenvalue weighted by molar-refractivity contribution is -0.388. The zero-order chi connectivity index (χ0) is 10.0. The van der Waals surface area contributed by atoms with Crippen LogP contribution in [-0.2, 0) is 5.33 Å². The summed E-state index contributed by atoms with van der Waals surface area (Å²) in [4.78, 5) is 9.69. The first kappa shape index (κ1) is 10.1. The Balaban J connectivity index is 3.31. The zero-order valence-electron chi connectivity index (χ0n) is 6.88. The van der Waals surface area contributed by atoms with Crippen molar-refractivity contribution < 1.29 is 9.31 Å². The largest absolute Gasteiger partial charge is 0.307 e. The molecule has 0 atom stereocenters. The molecule has 0 bridgehead atoms. The van der Waals surface area contributed by atoms with Gasteiger partial charge in [0.05, 0.1) is 4.92 Å². The number of alkyl halides is 1. The van der Waals surface area contributed by atoms with Crippen LogP contribution >= 0.6 is 15.9 Å². The summed E-state index contributed by atoms with van der Waals surface area (Å²) in [5.41, 5.74) is 0.602. The molecule has 0 aliphatic heterocycles. The third kappa shape index (κ3) is 2.03. The van der Waals surface area contributed by atoms with Crippen LogP contribution in [0.4, 0.5) is 10.1 Å². The fraction of sp³-hybridized carbons (Fsp3) is 0.250. The van der Waals surface area contributed by atoms with E-state index in [2.05, 4.69) is 15.9 Å². The van der Waals surface area contributed by atoms with Gasteiger partial charge in [0, 0.05) is 10.9 Å². The van der Waals surface area contributed by atoms with Gasteiger partial charge in [-0.25, -0.2) is 0 Å². The van der Waals surface area contributed by atoms with Crippen LogP contribution < -0.4 is 0 Å². The van der Waals surface area contributed by atoms with Gasteiger partial charge in [0.1, 0.15) is 0 Å². The quantitative estimate of drug-likeness (QED) is 0.458. The molecule has 3 nitrogen and oxygen atoms in total. The molecule has 0 aliphatic carbocycles. The fourth-order valence-electron chi connectivity index (χ4n) is 1.12. The molecule has 0 heterocycles. The van der Waals surface area contributed by atoms with Crippen molar-refractivity contribution in [3.63, 3.8) is 0 Å². The van der Waals surface area contributed by atoms with Gasteiger partial charge >= 0.3 is 5.69 Å². The molecule has 0 aromatic heterocycles. The van der Waals surface area contributed by atoms with Crippen LogP contribution in [0.5, 0.6) is 0 Å². The number of aryl methyl sites for hydroxylation is 1. The molecule has 0 fully saturated rings. The maximum absolute atomic E-state index is 13.1. The predicted octanol–water partition coefficient (Wildman–Crippen LogP) is 2.94. The van der Waals surface area contributed by atoms with E-state index in [4.69, 9.17) is 0 Å². The molecule has 0 saturated carbocycles. The molecule has 13 heavy (non-hydrogen) atoms. The number of nitro groups is 1. The molecule has 5 heteroatoms. The summed E-state index contributed by atoms with van der Waals surface area (Å²) in [6.45, 7) is 1.52. The topological polar surface area (TPSA) is 43.1 Å². The van der Waals surface area contributed by atoms with E-state index in [1.54, 1.807) is 6.07 Å². The third-order valence-corrected chi connectivity index (χ3v) is 2.30. The van der Waals surface area contributed by atoms with E-state index >= 15 is 0 Å². The minimum absolute atomic E-state index is 0.347. The summed E-state index contributed by atoms with van der Waals surface area (Å²) >= 11 is 3.15. The van der Waals surface area contributed by atoms with E-state index in [-0.39, 0.29) is 0 Å². The van der Waals surface area contributed by atoms with Crippen LogP contribution in [0.3, 0.4) is 0 Å². The Hall–Kier alpha value is -0.970. The Morgan fingerprint density at radius 1 is 1.62 bits per heavy atom. The van der Waals surface area contributed by atoms with Gasteiger partial charge in [0.25, 0.3) is 0 Å². The van der Waals surface area contributed by atoms with Crippen LogP contribution in [0.2, 0.25) is 0 Å². The minimum atomic E-state index is -0.778. The highest BCUT2D eigenvalue weighted by atomic mass is 79.9. The van der Waals surface area contributed by atoms with Gasteiger partial charge in [-0.2, -0.15) is 4.39 Å². The highest BCUT2D eigenvalue weighted by Gasteiger charge is 2.17. The monoisotopic (exact) mass is 247 g/mol. The Morgan fingerprint density at radius 2 is 2.23 bits per heavy atom. The van der Waals surface area contributed by atoms with Crippen molar-refractivity contribution >= 4 is 21.6 Å². The normalized spacial score (nSPS) is 10.1. The standard InChI is InChI=1S/C8H7BrFNO2/c1-5-2-6(4-9)3-7(10)8(5)11(12)13/h2-3H,4H2,1H3. The van der Waals surface area contributed by atoms with E-state index in [9.17, 15) is 14.5 Å². The van der Waals surface area contributed by atoms with E-state index in [0.717, 1.165) is 0 Å². The van der Waals surface area contributed by atoms with Crippen molar-refractivity contribution in [2.45, 2.75) is 12.3 Å². The summed E-state index contributed by atoms with van der Waals surface area (Å²) in [6.07, 6.45) is 0. The molecule has 1 rings (SSSR count). The summed E-state index contributed by atoms with van der Waals surface area (Å²) in [5, 5.41) is 10.9. The summed E-state index contributed by atoms with van der Waals surface area (Å²) < 4.78 is 13.1. The molecule has 0 unspecified atom stereocenters. The van der Waals surface area contributed by atoms with Crippen molar-refractivity contribution in [3.8, 4) is 0 Å². The van der Waals surface area contributed by atoms with Gasteiger partial charge in [0.15, 0.2) is 0 Å². The average molecular weight is 248 g/mol. The van der Waals surface area contributed by atoms with Crippen molar-refractivity contribution in [2.24, 2.45) is 0 Å². The van der Waals surface area contributed by atoms with Crippen molar-refractivity contribution in [1.29, 1.82) is 0 Å². The summed E-state index contributed by atoms with van der Waals surface area (Å²) in [5.74, 6) is -0.778. The van der Waals surface area contributed by atoms with Crippen LogP contribution in [0.25, 0.3) is 0 Å². The fourth-order valence-corrected chi connectivity index (χ4v) is 1.44. The minimum Gasteiger partial charge on any atom is -0.258 e. The van der Waals surface area contributed by atoms with Gasteiger partial charge in [0.2, 0.25) is 5.82 Å². The Labute approximate surface area is 82.8 Å². The molecular weight excluding hydrogens is 241 g/mol. The lowest BCUT2D eigenvalue weighted by atomic mass is 10.1. The highest BCUT2D eigenvalue weighted by molar-refractivity contribution is 9.08. The van der Waals surface area contributed by atoms with E-state index in [1.807, 2.05) is 0 Å². The van der Waals surface area contributed by atoms with Crippen molar-refractivity contribution in [3.05, 3.63) is 39.2 Å². The Kier molecular flexibility index (Phi) is 2.98. The molecule has 70 valence electrons. The Bertz CT molecular complexity index is 331. The number of hydrogen-bond acceptors (Lipinski definition) is 2. The molecule has 0 aliphatic rings. The number of benzene rings is 1. The molecule has 1 aromatic carbocycles. The molecule has 0 amide bonds. The lowest BCUT2D eigenvalue weighted by Crippen LogP contribution is -1.97. The van der Waals surface area contributed by atoms with Crippen LogP contribution in [0, 0.1) is 22.9 Å². The van der Waals surface area contributed by atoms with E-state index in [0.29, 0.717) is 16.5 Å². The van der Waals surface area contributed by atoms with Crippen molar-refractivity contribution in [1.82, 2.24) is 0 Å². The Morgan fingerprint density at radius 3 is 2.62 bits per heavy atom. The van der Waals surface area contributed by atoms with Gasteiger partial charge in [-0.3, -0.25) is 10.1 Å². The number of hydrogen-bond donors (Lipinski definition) is 0. The first-order valence-electron chi connectivity index (χ1n) is 3.55. The second kappa shape index (κ2) is 3.83. The van der Waals surface area contributed by atoms with E-state index in [1.165, 1.54) is 13.0 Å². The molecule has 0 N–H and O–H groups in total. The second-order valence-corrected chi connectivity index (χ2v) is 3.19. The van der Waals surface area contributed by atoms with Crippen LogP contribution in [0.15, 0.2) is 12.1 Å². The smallest absolute Gasteiger partial charge is 0.258 e. The second-order valence-electron chi connectivity index (χ2n) is 2.63. The summed E-state index contributed by atoms with van der Waals surface area (Å²) in [7, 11) is 0. The first-order chi connectivity index (χ1) is 6.06. The van der Waals surface area contributed by atoms with Gasteiger partial charge in [-0.1, -0.05) is 15.9 Å². The average Bonchev–Trinajstić information content (AvgIpc) is 2.02. The SMILES string of the molecule is Cc1cc(CBr)cc(F)c1[N+](=O)[O-]. The zero-order valence-corrected chi connectivity index (χ0v) is 8.47. The summed E-state index contributed by atoms with van der Waals surface area (Å²) in [6, 6.07) is 2.76. The highest BCUT2D eigenvalue weighted by Crippen LogP contribution is 2.24. The number of nitrogens with zero attached hydrogens (tertiary/aromatic N) is 1. The van der Waals surface area contributed by atoms with Crippen molar-refractivity contribution in [2.75, 3.05) is 0 Å². The first-order valence-corrected chi connectivity index (χ1v) is 4.67. The van der Waals surface area contributed by atoms with Gasteiger partial charge in [-0.05, 0) is 24.6 Å². The maximum atomic E-state index is 13.1. The van der Waals surface area contributed by atoms with Crippen LogP contribution in [0.1, 0.15) is 11.1 Å². The number of nitro benzene ring substituents is 1. The number of halogens is 2. The maximum Gasteiger partial charge on any atom is 0.307 e. The molecule has 0 radical (unpaired) electrons. The molecule has 1 aromatic rings. The van der Waals surface area contributed by atoms with E-state index < -0.39 is 16.4 Å². The number of rotatable bonds is 2.